The number of ether oxygens (including phenoxy) is 2. The summed E-state index contributed by atoms with van der Waals surface area (Å²) in [5.41, 5.74) is -0.423. The maximum Gasteiger partial charge on any atom is 0.363 e. The highest BCUT2D eigenvalue weighted by Gasteiger charge is 2.38. The zero-order chi connectivity index (χ0) is 38.3. The van der Waals surface area contributed by atoms with Gasteiger partial charge >= 0.3 is 11.9 Å². The summed E-state index contributed by atoms with van der Waals surface area (Å²) >= 11 is 0.793. The number of rotatable bonds is 14. The highest BCUT2D eigenvalue weighted by atomic mass is 32.1. The van der Waals surface area contributed by atoms with Crippen LogP contribution >= 0.6 is 11.3 Å². The molecule has 2 amide bonds. The SMILES string of the molecule is C#C[C@@H](CC)[C@H](C(=C)NC(=O)[C@H]1CCCCN1C)C(=O)N(C)[C@H](C[C@@H](OC(C)=O)c1nc(C(=O)Oc2c(F)c(F)c(F)c(F)c2F)cs1)C(C)C. The molecule has 1 N–H and O–H groups in total. The summed E-state index contributed by atoms with van der Waals surface area (Å²) in [5.74, 6) is -15.8. The van der Waals surface area contributed by atoms with Crippen LogP contribution in [0.4, 0.5) is 22.0 Å². The molecule has 0 spiro atoms. The number of benzene rings is 1. The van der Waals surface area contributed by atoms with Gasteiger partial charge < -0.3 is 19.7 Å². The van der Waals surface area contributed by atoms with Crippen molar-refractivity contribution in [2.24, 2.45) is 17.8 Å². The van der Waals surface area contributed by atoms with Crippen molar-refractivity contribution in [3.05, 3.63) is 57.4 Å². The molecule has 0 saturated carbocycles. The molecular formula is C35H41F5N4O6S. The number of amides is 2. The average molecular weight is 741 g/mol. The van der Waals surface area contributed by atoms with Gasteiger partial charge in [0.25, 0.3) is 0 Å². The van der Waals surface area contributed by atoms with Crippen LogP contribution in [0.1, 0.15) is 81.4 Å². The molecule has 1 saturated heterocycles. The monoisotopic (exact) mass is 740 g/mol. The van der Waals surface area contributed by atoms with Crippen molar-refractivity contribution in [3.63, 3.8) is 0 Å². The Morgan fingerprint density at radius 3 is 2.25 bits per heavy atom. The summed E-state index contributed by atoms with van der Waals surface area (Å²) in [5, 5.41) is 3.93. The molecule has 2 heterocycles. The van der Waals surface area contributed by atoms with Crippen LogP contribution in [0, 0.1) is 59.2 Å². The van der Waals surface area contributed by atoms with Gasteiger partial charge in [-0.3, -0.25) is 19.3 Å². The van der Waals surface area contributed by atoms with E-state index in [-0.39, 0.29) is 35.0 Å². The smallest absolute Gasteiger partial charge is 0.363 e. The van der Waals surface area contributed by atoms with Crippen molar-refractivity contribution in [2.75, 3.05) is 20.6 Å². The third kappa shape index (κ3) is 9.50. The second-order valence-corrected chi connectivity index (χ2v) is 13.5. The zero-order valence-electron chi connectivity index (χ0n) is 29.2. The number of piperidine rings is 1. The molecule has 278 valence electrons. The number of nitrogens with one attached hydrogen (secondary N) is 1. The normalized spacial score (nSPS) is 17.1. The summed E-state index contributed by atoms with van der Waals surface area (Å²) in [6, 6.07) is -1.04. The maximum absolute atomic E-state index is 14.2. The van der Waals surface area contributed by atoms with Crippen LogP contribution in [0.15, 0.2) is 17.7 Å². The van der Waals surface area contributed by atoms with Gasteiger partial charge in [0.05, 0.1) is 12.0 Å². The molecule has 16 heteroatoms. The molecule has 10 nitrogen and oxygen atoms in total. The van der Waals surface area contributed by atoms with Crippen LogP contribution in [0.3, 0.4) is 0 Å². The van der Waals surface area contributed by atoms with Crippen molar-refractivity contribution in [1.82, 2.24) is 20.1 Å². The molecule has 1 aromatic heterocycles. The lowest BCUT2D eigenvalue weighted by Gasteiger charge is -2.37. The van der Waals surface area contributed by atoms with Gasteiger partial charge in [-0.2, -0.15) is 8.78 Å². The fourth-order valence-electron chi connectivity index (χ4n) is 5.97. The van der Waals surface area contributed by atoms with E-state index in [1.54, 1.807) is 0 Å². The Bertz CT molecular complexity index is 1670. The van der Waals surface area contributed by atoms with Crippen molar-refractivity contribution in [1.29, 1.82) is 0 Å². The zero-order valence-corrected chi connectivity index (χ0v) is 30.0. The molecule has 1 aliphatic heterocycles. The molecule has 0 aliphatic carbocycles. The summed E-state index contributed by atoms with van der Waals surface area (Å²) in [6.07, 6.45) is 7.52. The Balaban J connectivity index is 1.88. The summed E-state index contributed by atoms with van der Waals surface area (Å²) < 4.78 is 79.0. The first-order valence-corrected chi connectivity index (χ1v) is 17.1. The Kier molecular flexibility index (Phi) is 14.3. The van der Waals surface area contributed by atoms with Gasteiger partial charge in [-0.15, -0.1) is 23.7 Å². The third-order valence-electron chi connectivity index (χ3n) is 8.80. The van der Waals surface area contributed by atoms with Gasteiger partial charge in [-0.1, -0.05) is 33.8 Å². The number of hydrogen-bond acceptors (Lipinski definition) is 9. The van der Waals surface area contributed by atoms with E-state index in [1.807, 2.05) is 32.7 Å². The lowest BCUT2D eigenvalue weighted by molar-refractivity contribution is -0.148. The molecular weight excluding hydrogens is 699 g/mol. The van der Waals surface area contributed by atoms with Crippen molar-refractivity contribution < 1.29 is 50.6 Å². The van der Waals surface area contributed by atoms with E-state index in [4.69, 9.17) is 11.2 Å². The van der Waals surface area contributed by atoms with Gasteiger partial charge in [-0.05, 0) is 38.8 Å². The lowest BCUT2D eigenvalue weighted by atomic mass is 9.85. The molecule has 0 unspecified atom stereocenters. The number of aromatic nitrogens is 1. The van der Waals surface area contributed by atoms with Gasteiger partial charge in [0.1, 0.15) is 5.01 Å². The van der Waals surface area contributed by atoms with E-state index in [2.05, 4.69) is 27.5 Å². The number of carbonyl (C=O) groups excluding carboxylic acids is 4. The lowest BCUT2D eigenvalue weighted by Crippen LogP contribution is -2.51. The third-order valence-corrected chi connectivity index (χ3v) is 9.74. The number of nitrogens with zero attached hydrogens (tertiary/aromatic N) is 3. The Labute approximate surface area is 297 Å². The van der Waals surface area contributed by atoms with E-state index in [9.17, 15) is 41.1 Å². The number of hydrogen-bond donors (Lipinski definition) is 1. The van der Waals surface area contributed by atoms with E-state index < -0.39 is 82.4 Å². The average Bonchev–Trinajstić information content (AvgIpc) is 3.59. The molecule has 1 aromatic carbocycles. The molecule has 1 fully saturated rings. The number of thiazole rings is 1. The second-order valence-electron chi connectivity index (χ2n) is 12.6. The van der Waals surface area contributed by atoms with E-state index in [0.717, 1.165) is 43.0 Å². The van der Waals surface area contributed by atoms with Crippen LogP contribution in [0.5, 0.6) is 5.75 Å². The molecule has 3 rings (SSSR count). The predicted molar refractivity (Wildman–Crippen MR) is 177 cm³/mol. The van der Waals surface area contributed by atoms with Crippen LogP contribution in [-0.4, -0.2) is 71.3 Å². The van der Waals surface area contributed by atoms with Gasteiger partial charge in [0, 0.05) is 43.4 Å². The number of esters is 2. The van der Waals surface area contributed by atoms with Gasteiger partial charge in [0.2, 0.25) is 46.6 Å². The number of halogens is 5. The molecule has 5 atom stereocenters. The predicted octanol–water partition coefficient (Wildman–Crippen LogP) is 5.92. The van der Waals surface area contributed by atoms with E-state index in [0.29, 0.717) is 12.8 Å². The Hall–Kier alpha value is -4.36. The molecule has 0 bridgehead atoms. The minimum absolute atomic E-state index is 0.0148. The fraction of sp³-hybridized carbons (Fsp3) is 0.514. The summed E-state index contributed by atoms with van der Waals surface area (Å²) in [6.45, 7) is 11.4. The fourth-order valence-corrected chi connectivity index (χ4v) is 6.80. The molecule has 2 aromatic rings. The number of terminal acetylenes is 1. The van der Waals surface area contributed by atoms with Crippen LogP contribution < -0.4 is 10.1 Å². The first kappa shape index (κ1) is 41.1. The highest BCUT2D eigenvalue weighted by molar-refractivity contribution is 7.09. The van der Waals surface area contributed by atoms with Crippen molar-refractivity contribution in [2.45, 2.75) is 78.0 Å². The maximum atomic E-state index is 14.2. The number of likely N-dealkylation sites (tertiary alicyclic amines) is 1. The molecule has 0 radical (unpaired) electrons. The van der Waals surface area contributed by atoms with Gasteiger partial charge in [0.15, 0.2) is 11.8 Å². The van der Waals surface area contributed by atoms with Crippen LogP contribution in [-0.2, 0) is 19.1 Å². The summed E-state index contributed by atoms with van der Waals surface area (Å²) in [4.78, 5) is 59.8. The van der Waals surface area contributed by atoms with E-state index in [1.165, 1.54) is 11.9 Å². The molecule has 51 heavy (non-hydrogen) atoms. The minimum Gasteiger partial charge on any atom is -0.455 e. The van der Waals surface area contributed by atoms with Gasteiger partial charge in [-0.25, -0.2) is 22.9 Å². The number of carbonyl (C=O) groups is 4. The number of likely N-dealkylation sites (N-methyl/N-ethyl adjacent to an activating group) is 1. The first-order valence-electron chi connectivity index (χ1n) is 16.2. The summed E-state index contributed by atoms with van der Waals surface area (Å²) in [7, 11) is 3.39. The van der Waals surface area contributed by atoms with Crippen molar-refractivity contribution >= 4 is 35.1 Å². The van der Waals surface area contributed by atoms with Crippen LogP contribution in [0.25, 0.3) is 0 Å². The highest BCUT2D eigenvalue weighted by Crippen LogP contribution is 2.34. The standard InChI is InChI=1S/C35H41F5N4O6S/c1-9-20(10-2)25(18(5)41-32(46)22-13-11-12-14-43(22)7)34(47)44(8)23(17(3)4)15-24(49-19(6)45)33-42-21(16-51-33)35(48)50-31-29(39)27(37)26(36)28(38)30(31)40/h1,16-17,20,22-25H,5,10-15H2,2-4,6-8H3,(H,41,46)/t20-,22+,23+,24+,25-/m0/s1. The van der Waals surface area contributed by atoms with E-state index >= 15 is 0 Å². The Morgan fingerprint density at radius 2 is 1.73 bits per heavy atom. The first-order chi connectivity index (χ1) is 23.9. The van der Waals surface area contributed by atoms with Crippen molar-refractivity contribution in [3.8, 4) is 18.1 Å². The topological polar surface area (TPSA) is 118 Å². The second kappa shape index (κ2) is 17.7. The minimum atomic E-state index is -2.43. The Morgan fingerprint density at radius 1 is 1.12 bits per heavy atom. The largest absolute Gasteiger partial charge is 0.455 e. The quantitative estimate of drug-likeness (QED) is 0.0634. The van der Waals surface area contributed by atoms with Crippen LogP contribution in [0.2, 0.25) is 0 Å². The molecule has 1 aliphatic rings.